The van der Waals surface area contributed by atoms with Crippen LogP contribution in [-0.4, -0.2) is 29.9 Å². The second-order valence-electron chi connectivity index (χ2n) is 7.10. The maximum atomic E-state index is 12.9. The Morgan fingerprint density at radius 3 is 2.66 bits per heavy atom. The van der Waals surface area contributed by atoms with Crippen LogP contribution >= 0.6 is 11.3 Å². The number of nitrogens with zero attached hydrogens (tertiary/aromatic N) is 2. The molecule has 0 bridgehead atoms. The zero-order chi connectivity index (χ0) is 22.7. The molecule has 3 aromatic rings. The van der Waals surface area contributed by atoms with Crippen LogP contribution in [0.3, 0.4) is 0 Å². The summed E-state index contributed by atoms with van der Waals surface area (Å²) in [5.74, 6) is 0.110. The molecule has 4 rings (SSSR count). The van der Waals surface area contributed by atoms with E-state index in [0.29, 0.717) is 30.0 Å². The Bertz CT molecular complexity index is 1130. The van der Waals surface area contributed by atoms with Gasteiger partial charge in [0.1, 0.15) is 5.75 Å². The van der Waals surface area contributed by atoms with Gasteiger partial charge in [-0.15, -0.1) is 11.3 Å². The Morgan fingerprint density at radius 1 is 1.19 bits per heavy atom. The number of hydrogen-bond acceptors (Lipinski definition) is 5. The first-order valence-electron chi connectivity index (χ1n) is 9.76. The summed E-state index contributed by atoms with van der Waals surface area (Å²) in [5.41, 5.74) is 0.671. The maximum Gasteiger partial charge on any atom is 0.416 e. The van der Waals surface area contributed by atoms with E-state index in [1.54, 1.807) is 34.5 Å². The van der Waals surface area contributed by atoms with E-state index in [0.717, 1.165) is 35.6 Å². The van der Waals surface area contributed by atoms with Crippen molar-refractivity contribution in [2.45, 2.75) is 19.0 Å². The molecule has 2 aromatic carbocycles. The Balaban J connectivity index is 1.32. The van der Waals surface area contributed by atoms with E-state index >= 15 is 0 Å². The number of halogens is 3. The first-order valence-corrected chi connectivity index (χ1v) is 10.6. The van der Waals surface area contributed by atoms with Gasteiger partial charge < -0.3 is 9.64 Å². The van der Waals surface area contributed by atoms with Gasteiger partial charge in [0, 0.05) is 29.6 Å². The number of nitrogens with one attached hydrogen (secondary N) is 1. The number of hydrogen-bond donors (Lipinski definition) is 1. The minimum absolute atomic E-state index is 0.0889. The minimum Gasteiger partial charge on any atom is -0.484 e. The first-order chi connectivity index (χ1) is 15.3. The highest BCUT2D eigenvalue weighted by atomic mass is 32.1. The molecule has 1 aromatic heterocycles. The van der Waals surface area contributed by atoms with Gasteiger partial charge in [-0.25, -0.2) is 4.98 Å². The molecule has 0 unspecified atom stereocenters. The van der Waals surface area contributed by atoms with E-state index in [-0.39, 0.29) is 17.6 Å². The molecule has 0 radical (unpaired) electrons. The quantitative estimate of drug-likeness (QED) is 0.563. The van der Waals surface area contributed by atoms with E-state index in [1.165, 1.54) is 12.1 Å². The van der Waals surface area contributed by atoms with Crippen LogP contribution in [0.1, 0.15) is 18.4 Å². The number of anilines is 2. The summed E-state index contributed by atoms with van der Waals surface area (Å²) in [6, 6.07) is 11.7. The summed E-state index contributed by atoms with van der Waals surface area (Å²) in [7, 11) is 0. The van der Waals surface area contributed by atoms with Gasteiger partial charge in [0.2, 0.25) is 5.91 Å². The van der Waals surface area contributed by atoms with Gasteiger partial charge in [-0.3, -0.25) is 14.9 Å². The van der Waals surface area contributed by atoms with Gasteiger partial charge in [0.15, 0.2) is 11.7 Å². The molecule has 10 heteroatoms. The van der Waals surface area contributed by atoms with Crippen molar-refractivity contribution in [2.24, 2.45) is 0 Å². The molecule has 2 amide bonds. The van der Waals surface area contributed by atoms with E-state index < -0.39 is 17.6 Å². The minimum atomic E-state index is -4.44. The Hall–Kier alpha value is -3.40. The molecular weight excluding hydrogens is 443 g/mol. The van der Waals surface area contributed by atoms with E-state index in [1.807, 2.05) is 0 Å². The van der Waals surface area contributed by atoms with E-state index in [9.17, 15) is 22.8 Å². The topological polar surface area (TPSA) is 71.5 Å². The van der Waals surface area contributed by atoms with Crippen molar-refractivity contribution in [1.29, 1.82) is 0 Å². The Labute approximate surface area is 185 Å². The second-order valence-corrected chi connectivity index (χ2v) is 7.95. The van der Waals surface area contributed by atoms with Gasteiger partial charge in [-0.2, -0.15) is 13.2 Å². The summed E-state index contributed by atoms with van der Waals surface area (Å²) < 4.78 is 44.2. The third-order valence-electron chi connectivity index (χ3n) is 4.83. The van der Waals surface area contributed by atoms with Gasteiger partial charge in [-0.05, 0) is 42.8 Å². The van der Waals surface area contributed by atoms with Crippen molar-refractivity contribution in [3.8, 4) is 17.0 Å². The third-order valence-corrected chi connectivity index (χ3v) is 5.59. The highest BCUT2D eigenvalue weighted by Gasteiger charge is 2.30. The van der Waals surface area contributed by atoms with Crippen LogP contribution in [0.5, 0.6) is 5.75 Å². The Morgan fingerprint density at radius 2 is 1.97 bits per heavy atom. The highest BCUT2D eigenvalue weighted by molar-refractivity contribution is 7.14. The molecule has 1 saturated heterocycles. The third kappa shape index (κ3) is 5.08. The normalized spacial score (nSPS) is 14.0. The number of carbonyl (C=O) groups is 2. The molecule has 0 atom stereocenters. The number of benzene rings is 2. The lowest BCUT2D eigenvalue weighted by molar-refractivity contribution is -0.137. The van der Waals surface area contributed by atoms with Crippen LogP contribution in [0, 0.1) is 0 Å². The number of amides is 2. The zero-order valence-electron chi connectivity index (χ0n) is 16.7. The highest BCUT2D eigenvalue weighted by Crippen LogP contribution is 2.33. The van der Waals surface area contributed by atoms with Crippen LogP contribution in [0.15, 0.2) is 53.9 Å². The summed E-state index contributed by atoms with van der Waals surface area (Å²) in [4.78, 5) is 29.8. The van der Waals surface area contributed by atoms with Crippen molar-refractivity contribution >= 4 is 34.0 Å². The average molecular weight is 461 g/mol. The van der Waals surface area contributed by atoms with Crippen LogP contribution in [-0.2, 0) is 15.8 Å². The number of alkyl halides is 3. The fraction of sp³-hybridized carbons (Fsp3) is 0.227. The van der Waals surface area contributed by atoms with Crippen molar-refractivity contribution in [3.63, 3.8) is 0 Å². The van der Waals surface area contributed by atoms with E-state index in [2.05, 4.69) is 10.3 Å². The van der Waals surface area contributed by atoms with Crippen LogP contribution in [0.4, 0.5) is 24.0 Å². The molecular formula is C22H18F3N3O3S. The molecule has 2 heterocycles. The molecule has 1 aliphatic heterocycles. The zero-order valence-corrected chi connectivity index (χ0v) is 17.5. The predicted octanol–water partition coefficient (Wildman–Crippen LogP) is 4.97. The molecule has 0 saturated carbocycles. The fourth-order valence-corrected chi connectivity index (χ4v) is 4.00. The molecule has 0 spiro atoms. The maximum absolute atomic E-state index is 12.9. The molecule has 1 fully saturated rings. The van der Waals surface area contributed by atoms with Gasteiger partial charge >= 0.3 is 6.18 Å². The molecule has 0 aliphatic carbocycles. The lowest BCUT2D eigenvalue weighted by Gasteiger charge is -2.16. The standard InChI is InChI=1S/C22H18F3N3O3S/c23-22(24,25)15-4-1-3-14(11-15)18-13-32-21(26-18)27-19(29)12-31-17-8-6-16(7-9-17)28-10-2-5-20(28)30/h1,3-4,6-9,11,13H,2,5,10,12H2,(H,26,27,29). The van der Waals surface area contributed by atoms with Crippen LogP contribution < -0.4 is 15.0 Å². The summed E-state index contributed by atoms with van der Waals surface area (Å²) >= 11 is 1.11. The molecule has 32 heavy (non-hydrogen) atoms. The molecule has 166 valence electrons. The van der Waals surface area contributed by atoms with Gasteiger partial charge in [0.05, 0.1) is 11.3 Å². The van der Waals surface area contributed by atoms with Crippen molar-refractivity contribution in [2.75, 3.05) is 23.4 Å². The van der Waals surface area contributed by atoms with Crippen molar-refractivity contribution in [1.82, 2.24) is 4.98 Å². The summed E-state index contributed by atoms with van der Waals surface area (Å²) in [6.07, 6.45) is -3.06. The number of thiazole rings is 1. The lowest BCUT2D eigenvalue weighted by Crippen LogP contribution is -2.23. The van der Waals surface area contributed by atoms with Gasteiger partial charge in [0.25, 0.3) is 5.91 Å². The monoisotopic (exact) mass is 461 g/mol. The van der Waals surface area contributed by atoms with Crippen molar-refractivity contribution < 1.29 is 27.5 Å². The summed E-state index contributed by atoms with van der Waals surface area (Å²) in [6.45, 7) is 0.429. The molecule has 1 N–H and O–H groups in total. The smallest absolute Gasteiger partial charge is 0.416 e. The van der Waals surface area contributed by atoms with Crippen molar-refractivity contribution in [3.05, 3.63) is 59.5 Å². The van der Waals surface area contributed by atoms with E-state index in [4.69, 9.17) is 4.74 Å². The van der Waals surface area contributed by atoms with Crippen LogP contribution in [0.2, 0.25) is 0 Å². The SMILES string of the molecule is O=C(COc1ccc(N2CCCC2=O)cc1)Nc1nc(-c2cccc(C(F)(F)F)c2)cs1. The number of ether oxygens (including phenoxy) is 1. The number of aromatic nitrogens is 1. The average Bonchev–Trinajstić information content (AvgIpc) is 3.41. The lowest BCUT2D eigenvalue weighted by atomic mass is 10.1. The first kappa shape index (κ1) is 21.8. The summed E-state index contributed by atoms with van der Waals surface area (Å²) in [5, 5.41) is 4.41. The largest absolute Gasteiger partial charge is 0.484 e. The second kappa shape index (κ2) is 8.99. The number of carbonyl (C=O) groups excluding carboxylic acids is 2. The Kier molecular flexibility index (Phi) is 6.13. The molecule has 1 aliphatic rings. The number of rotatable bonds is 6. The van der Waals surface area contributed by atoms with Gasteiger partial charge in [-0.1, -0.05) is 12.1 Å². The van der Waals surface area contributed by atoms with Crippen LogP contribution in [0.25, 0.3) is 11.3 Å². The molecule has 6 nitrogen and oxygen atoms in total. The fourth-order valence-electron chi connectivity index (χ4n) is 3.27. The predicted molar refractivity (Wildman–Crippen MR) is 115 cm³/mol.